The van der Waals surface area contributed by atoms with Gasteiger partial charge in [0.15, 0.2) is 0 Å². The summed E-state index contributed by atoms with van der Waals surface area (Å²) in [6.07, 6.45) is 1.77. The van der Waals surface area contributed by atoms with Gasteiger partial charge in [0.2, 0.25) is 5.95 Å². The molecule has 29 heavy (non-hydrogen) atoms. The molecule has 0 spiro atoms. The third kappa shape index (κ3) is 4.87. The maximum Gasteiger partial charge on any atom is 0.225 e. The number of benzene rings is 2. The third-order valence-corrected chi connectivity index (χ3v) is 4.29. The van der Waals surface area contributed by atoms with Gasteiger partial charge in [-0.3, -0.25) is 4.98 Å². The number of rotatable bonds is 7. The maximum atomic E-state index is 5.30. The molecule has 4 rings (SSSR count). The first kappa shape index (κ1) is 18.4. The van der Waals surface area contributed by atoms with Gasteiger partial charge >= 0.3 is 0 Å². The van der Waals surface area contributed by atoms with Crippen molar-refractivity contribution in [1.29, 1.82) is 0 Å². The van der Waals surface area contributed by atoms with E-state index in [1.165, 1.54) is 0 Å². The number of nitrogens with zero attached hydrogens (tertiary/aromatic N) is 3. The summed E-state index contributed by atoms with van der Waals surface area (Å²) in [5.41, 5.74) is 3.65. The molecule has 0 saturated carbocycles. The van der Waals surface area contributed by atoms with Crippen molar-refractivity contribution in [3.05, 3.63) is 90.8 Å². The summed E-state index contributed by atoms with van der Waals surface area (Å²) in [6.45, 7) is 0.539. The predicted molar refractivity (Wildman–Crippen MR) is 115 cm³/mol. The SMILES string of the molecule is COc1cccc(Nc2cc(-c3ccccc3)nc(NCc3ccccn3)n2)c1. The molecule has 0 aliphatic heterocycles. The molecule has 0 aliphatic rings. The standard InChI is InChI=1S/C23H21N5O/c1-29-20-12-7-11-18(14-20)26-22-15-21(17-8-3-2-4-9-17)27-23(28-22)25-16-19-10-5-6-13-24-19/h2-15H,16H2,1H3,(H2,25,26,27,28). The number of nitrogens with one attached hydrogen (secondary N) is 2. The fourth-order valence-corrected chi connectivity index (χ4v) is 2.87. The number of anilines is 3. The summed E-state index contributed by atoms with van der Waals surface area (Å²) in [5.74, 6) is 2.00. The van der Waals surface area contributed by atoms with Crippen LogP contribution in [-0.4, -0.2) is 22.1 Å². The zero-order valence-corrected chi connectivity index (χ0v) is 16.0. The molecule has 6 nitrogen and oxygen atoms in total. The van der Waals surface area contributed by atoms with E-state index in [0.29, 0.717) is 18.3 Å². The van der Waals surface area contributed by atoms with E-state index in [4.69, 9.17) is 4.74 Å². The molecule has 0 amide bonds. The molecule has 0 radical (unpaired) electrons. The summed E-state index contributed by atoms with van der Waals surface area (Å²) >= 11 is 0. The van der Waals surface area contributed by atoms with Crippen molar-refractivity contribution in [1.82, 2.24) is 15.0 Å². The minimum atomic E-state index is 0.530. The van der Waals surface area contributed by atoms with Crippen LogP contribution in [0.25, 0.3) is 11.3 Å². The van der Waals surface area contributed by atoms with Crippen LogP contribution in [0.1, 0.15) is 5.69 Å². The molecule has 0 unspecified atom stereocenters. The second-order valence-corrected chi connectivity index (χ2v) is 6.36. The van der Waals surface area contributed by atoms with Crippen molar-refractivity contribution in [2.45, 2.75) is 6.54 Å². The molecule has 0 bridgehead atoms. The number of pyridine rings is 1. The number of hydrogen-bond donors (Lipinski definition) is 2. The van der Waals surface area contributed by atoms with Crippen LogP contribution in [0.3, 0.4) is 0 Å². The summed E-state index contributed by atoms with van der Waals surface area (Å²) in [7, 11) is 1.65. The molecule has 2 N–H and O–H groups in total. The molecular weight excluding hydrogens is 362 g/mol. The van der Waals surface area contributed by atoms with Crippen molar-refractivity contribution in [3.63, 3.8) is 0 Å². The van der Waals surface area contributed by atoms with Gasteiger partial charge in [-0.15, -0.1) is 0 Å². The topological polar surface area (TPSA) is 72.0 Å². The Morgan fingerprint density at radius 3 is 2.52 bits per heavy atom. The van der Waals surface area contributed by atoms with Gasteiger partial charge in [0.25, 0.3) is 0 Å². The lowest BCUT2D eigenvalue weighted by atomic mass is 10.1. The summed E-state index contributed by atoms with van der Waals surface area (Å²) in [4.78, 5) is 13.6. The Labute approximate surface area is 169 Å². The lowest BCUT2D eigenvalue weighted by Gasteiger charge is -2.12. The zero-order valence-electron chi connectivity index (χ0n) is 16.0. The van der Waals surface area contributed by atoms with Gasteiger partial charge in [-0.05, 0) is 24.3 Å². The Bertz CT molecular complexity index is 1070. The van der Waals surface area contributed by atoms with Crippen LogP contribution in [0.4, 0.5) is 17.5 Å². The van der Waals surface area contributed by atoms with Crippen molar-refractivity contribution in [3.8, 4) is 17.0 Å². The Morgan fingerprint density at radius 2 is 1.72 bits per heavy atom. The quantitative estimate of drug-likeness (QED) is 0.473. The molecule has 4 aromatic rings. The van der Waals surface area contributed by atoms with Crippen molar-refractivity contribution < 1.29 is 4.74 Å². The Balaban J connectivity index is 1.64. The molecule has 2 aromatic heterocycles. The van der Waals surface area contributed by atoms with Crippen LogP contribution >= 0.6 is 0 Å². The fourth-order valence-electron chi connectivity index (χ4n) is 2.87. The van der Waals surface area contributed by atoms with Gasteiger partial charge in [0.1, 0.15) is 11.6 Å². The smallest absolute Gasteiger partial charge is 0.225 e. The van der Waals surface area contributed by atoms with E-state index in [1.807, 2.05) is 78.9 Å². The molecule has 0 aliphatic carbocycles. The predicted octanol–water partition coefficient (Wildman–Crippen LogP) is 4.90. The van der Waals surface area contributed by atoms with Crippen molar-refractivity contribution in [2.75, 3.05) is 17.7 Å². The molecule has 6 heteroatoms. The first-order valence-electron chi connectivity index (χ1n) is 9.29. The van der Waals surface area contributed by atoms with E-state index in [0.717, 1.165) is 28.4 Å². The van der Waals surface area contributed by atoms with Crippen molar-refractivity contribution in [2.24, 2.45) is 0 Å². The average molecular weight is 383 g/mol. The average Bonchev–Trinajstić information content (AvgIpc) is 2.79. The van der Waals surface area contributed by atoms with Crippen LogP contribution < -0.4 is 15.4 Å². The van der Waals surface area contributed by atoms with E-state index in [2.05, 4.69) is 25.6 Å². The van der Waals surface area contributed by atoms with Crippen LogP contribution in [-0.2, 0) is 6.54 Å². The van der Waals surface area contributed by atoms with Gasteiger partial charge < -0.3 is 15.4 Å². The monoisotopic (exact) mass is 383 g/mol. The number of methoxy groups -OCH3 is 1. The van der Waals surface area contributed by atoms with Crippen LogP contribution in [0.15, 0.2) is 85.1 Å². The van der Waals surface area contributed by atoms with Gasteiger partial charge in [-0.2, -0.15) is 4.98 Å². The van der Waals surface area contributed by atoms with E-state index >= 15 is 0 Å². The molecule has 2 heterocycles. The fraction of sp³-hybridized carbons (Fsp3) is 0.0870. The van der Waals surface area contributed by atoms with Crippen LogP contribution in [0.5, 0.6) is 5.75 Å². The normalized spacial score (nSPS) is 10.4. The second kappa shape index (κ2) is 8.84. The van der Waals surface area contributed by atoms with E-state index < -0.39 is 0 Å². The van der Waals surface area contributed by atoms with Gasteiger partial charge in [-0.1, -0.05) is 42.5 Å². The van der Waals surface area contributed by atoms with Gasteiger partial charge in [-0.25, -0.2) is 4.98 Å². The van der Waals surface area contributed by atoms with E-state index in [1.54, 1.807) is 13.3 Å². The molecule has 2 aromatic carbocycles. The number of ether oxygens (including phenoxy) is 1. The molecule has 0 atom stereocenters. The van der Waals surface area contributed by atoms with E-state index in [9.17, 15) is 0 Å². The second-order valence-electron chi connectivity index (χ2n) is 6.36. The van der Waals surface area contributed by atoms with E-state index in [-0.39, 0.29) is 0 Å². The highest BCUT2D eigenvalue weighted by Gasteiger charge is 2.08. The van der Waals surface area contributed by atoms with Gasteiger partial charge in [0.05, 0.1) is 25.0 Å². The first-order valence-corrected chi connectivity index (χ1v) is 9.29. The minimum absolute atomic E-state index is 0.530. The number of aromatic nitrogens is 3. The molecule has 0 saturated heterocycles. The highest BCUT2D eigenvalue weighted by Crippen LogP contribution is 2.25. The van der Waals surface area contributed by atoms with Crippen LogP contribution in [0.2, 0.25) is 0 Å². The largest absolute Gasteiger partial charge is 0.497 e. The third-order valence-electron chi connectivity index (χ3n) is 4.29. The number of hydrogen-bond acceptors (Lipinski definition) is 6. The minimum Gasteiger partial charge on any atom is -0.497 e. The highest BCUT2D eigenvalue weighted by atomic mass is 16.5. The summed E-state index contributed by atoms with van der Waals surface area (Å²) < 4.78 is 5.30. The Morgan fingerprint density at radius 1 is 0.862 bits per heavy atom. The molecule has 144 valence electrons. The zero-order chi connectivity index (χ0) is 19.9. The van der Waals surface area contributed by atoms with Gasteiger partial charge in [0, 0.05) is 29.6 Å². The molecular formula is C23H21N5O. The maximum absolute atomic E-state index is 5.30. The molecule has 0 fully saturated rings. The highest BCUT2D eigenvalue weighted by molar-refractivity contribution is 5.67. The summed E-state index contributed by atoms with van der Waals surface area (Å²) in [6, 6.07) is 25.5. The lowest BCUT2D eigenvalue weighted by Crippen LogP contribution is -2.07. The Kier molecular flexibility index (Phi) is 5.62. The summed E-state index contributed by atoms with van der Waals surface area (Å²) in [5, 5.41) is 6.61. The van der Waals surface area contributed by atoms with Crippen molar-refractivity contribution >= 4 is 17.5 Å². The first-order chi connectivity index (χ1) is 14.3. The Hall–Kier alpha value is -3.93. The lowest BCUT2D eigenvalue weighted by molar-refractivity contribution is 0.415. The van der Waals surface area contributed by atoms with Crippen LogP contribution in [0, 0.1) is 0 Å².